The van der Waals surface area contributed by atoms with E-state index < -0.39 is 0 Å². The molecule has 3 rings (SSSR count). The van der Waals surface area contributed by atoms with Crippen LogP contribution in [0.1, 0.15) is 13.3 Å². The van der Waals surface area contributed by atoms with Crippen LogP contribution in [-0.4, -0.2) is 47.7 Å². The van der Waals surface area contributed by atoms with Gasteiger partial charge in [-0.15, -0.1) is 0 Å². The summed E-state index contributed by atoms with van der Waals surface area (Å²) in [5, 5.41) is 4.67. The van der Waals surface area contributed by atoms with Gasteiger partial charge in [0.15, 0.2) is 0 Å². The molecule has 0 saturated heterocycles. The third-order valence-electron chi connectivity index (χ3n) is 4.48. The maximum atomic E-state index is 12.8. The Morgan fingerprint density at radius 1 is 1.07 bits per heavy atom. The molecule has 2 amide bonds. The van der Waals surface area contributed by atoms with Crippen LogP contribution in [0.15, 0.2) is 65.7 Å². The van der Waals surface area contributed by atoms with Crippen LogP contribution in [0.3, 0.4) is 0 Å². The fraction of sp³-hybridized carbons (Fsp3) is 0.261. The normalized spacial score (nSPS) is 10.6. The summed E-state index contributed by atoms with van der Waals surface area (Å²) in [7, 11) is 1.55. The van der Waals surface area contributed by atoms with Gasteiger partial charge in [0, 0.05) is 11.9 Å². The third-order valence-corrected chi connectivity index (χ3v) is 5.39. The first-order chi connectivity index (χ1) is 14.6. The first-order valence-electron chi connectivity index (χ1n) is 9.80. The zero-order valence-electron chi connectivity index (χ0n) is 17.1. The van der Waals surface area contributed by atoms with Crippen LogP contribution in [0.5, 0.6) is 5.75 Å². The number of methoxy groups -OCH3 is 1. The predicted molar refractivity (Wildman–Crippen MR) is 121 cm³/mol. The Kier molecular flexibility index (Phi) is 7.68. The Morgan fingerprint density at radius 3 is 2.63 bits per heavy atom. The van der Waals surface area contributed by atoms with Gasteiger partial charge in [-0.1, -0.05) is 55.1 Å². The molecule has 0 aliphatic carbocycles. The number of hydrogen-bond acceptors (Lipinski definition) is 5. The Balaban J connectivity index is 1.60. The highest BCUT2D eigenvalue weighted by atomic mass is 32.2. The summed E-state index contributed by atoms with van der Waals surface area (Å²) in [6, 6.07) is 19.0. The maximum Gasteiger partial charge on any atom is 0.244 e. The molecular weight excluding hydrogens is 398 g/mol. The monoisotopic (exact) mass is 423 g/mol. The number of hydrogen-bond donors (Lipinski definition) is 1. The van der Waals surface area contributed by atoms with E-state index in [1.165, 1.54) is 11.8 Å². The van der Waals surface area contributed by atoms with Gasteiger partial charge in [-0.3, -0.25) is 9.59 Å². The van der Waals surface area contributed by atoms with Crippen molar-refractivity contribution in [2.75, 3.05) is 31.3 Å². The van der Waals surface area contributed by atoms with Gasteiger partial charge in [-0.05, 0) is 30.7 Å². The van der Waals surface area contributed by atoms with Crippen LogP contribution in [0.2, 0.25) is 0 Å². The number of anilines is 1. The predicted octanol–water partition coefficient (Wildman–Crippen LogP) is 4.21. The van der Waals surface area contributed by atoms with E-state index in [0.717, 1.165) is 22.3 Å². The Hall–Kier alpha value is -3.06. The number of aromatic nitrogens is 1. The van der Waals surface area contributed by atoms with Gasteiger partial charge in [0.05, 0.1) is 35.6 Å². The molecule has 2 aromatic carbocycles. The van der Waals surface area contributed by atoms with Crippen LogP contribution in [0.4, 0.5) is 5.69 Å². The number of rotatable bonds is 9. The summed E-state index contributed by atoms with van der Waals surface area (Å²) < 4.78 is 5.26. The van der Waals surface area contributed by atoms with E-state index >= 15 is 0 Å². The first kappa shape index (κ1) is 21.6. The minimum absolute atomic E-state index is 0.00354. The highest BCUT2D eigenvalue weighted by Crippen LogP contribution is 2.23. The molecule has 3 aromatic rings. The van der Waals surface area contributed by atoms with E-state index in [1.807, 2.05) is 55.5 Å². The molecule has 0 spiro atoms. The zero-order valence-corrected chi connectivity index (χ0v) is 17.9. The second-order valence-corrected chi connectivity index (χ2v) is 7.69. The number of carbonyl (C=O) groups is 2. The van der Waals surface area contributed by atoms with Crippen LogP contribution in [-0.2, 0) is 9.59 Å². The average Bonchev–Trinajstić information content (AvgIpc) is 2.77. The summed E-state index contributed by atoms with van der Waals surface area (Å²) in [5.74, 6) is 0.465. The van der Waals surface area contributed by atoms with E-state index in [9.17, 15) is 9.59 Å². The maximum absolute atomic E-state index is 12.8. The molecule has 156 valence electrons. The summed E-state index contributed by atoms with van der Waals surface area (Å²) in [6.07, 6.45) is 0.770. The van der Waals surface area contributed by atoms with Gasteiger partial charge in [-0.25, -0.2) is 4.98 Å². The number of ether oxygens (including phenoxy) is 1. The minimum atomic E-state index is -0.255. The second-order valence-electron chi connectivity index (χ2n) is 6.69. The number of benzene rings is 2. The number of fused-ring (bicyclic) bond motifs is 1. The van der Waals surface area contributed by atoms with Crippen LogP contribution in [0, 0.1) is 0 Å². The van der Waals surface area contributed by atoms with Gasteiger partial charge >= 0.3 is 0 Å². The second kappa shape index (κ2) is 10.6. The van der Waals surface area contributed by atoms with Crippen molar-refractivity contribution in [3.8, 4) is 5.75 Å². The van der Waals surface area contributed by atoms with Crippen molar-refractivity contribution in [3.05, 3.63) is 60.7 Å². The fourth-order valence-electron chi connectivity index (χ4n) is 3.03. The molecule has 0 fully saturated rings. The minimum Gasteiger partial charge on any atom is -0.495 e. The van der Waals surface area contributed by atoms with Crippen LogP contribution < -0.4 is 10.1 Å². The van der Waals surface area contributed by atoms with Gasteiger partial charge in [-0.2, -0.15) is 0 Å². The lowest BCUT2D eigenvalue weighted by atomic mass is 10.2. The number of amides is 2. The number of nitrogens with one attached hydrogen (secondary N) is 1. The smallest absolute Gasteiger partial charge is 0.244 e. The van der Waals surface area contributed by atoms with Gasteiger partial charge in [0.25, 0.3) is 0 Å². The fourth-order valence-corrected chi connectivity index (χ4v) is 3.81. The summed E-state index contributed by atoms with van der Waals surface area (Å²) in [5.41, 5.74) is 1.49. The van der Waals surface area contributed by atoms with Gasteiger partial charge in [0.2, 0.25) is 11.8 Å². The van der Waals surface area contributed by atoms with Crippen molar-refractivity contribution in [1.29, 1.82) is 0 Å². The molecule has 1 aromatic heterocycles. The molecular formula is C23H25N3O3S. The number of carbonyl (C=O) groups excluding carboxylic acids is 2. The molecule has 1 N–H and O–H groups in total. The van der Waals surface area contributed by atoms with E-state index in [4.69, 9.17) is 4.74 Å². The standard InChI is InChI=1S/C23H25N3O3S/c1-3-14-26(15-21(27)24-19-10-6-7-11-20(19)29-2)23(28)16-30-22-13-12-17-8-4-5-9-18(17)25-22/h4-13H,3,14-16H2,1-2H3,(H,24,27). The summed E-state index contributed by atoms with van der Waals surface area (Å²) in [6.45, 7) is 2.50. The van der Waals surface area contributed by atoms with Crippen molar-refractivity contribution in [1.82, 2.24) is 9.88 Å². The van der Waals surface area contributed by atoms with Crippen molar-refractivity contribution in [2.45, 2.75) is 18.4 Å². The largest absolute Gasteiger partial charge is 0.495 e. The lowest BCUT2D eigenvalue weighted by Gasteiger charge is -2.21. The molecule has 0 bridgehead atoms. The lowest BCUT2D eigenvalue weighted by molar-refractivity contribution is -0.132. The SMILES string of the molecule is CCCN(CC(=O)Nc1ccccc1OC)C(=O)CSc1ccc2ccccc2n1. The Labute approximate surface area is 180 Å². The molecule has 0 aliphatic rings. The lowest BCUT2D eigenvalue weighted by Crippen LogP contribution is -2.39. The zero-order chi connectivity index (χ0) is 21.3. The number of thioether (sulfide) groups is 1. The highest BCUT2D eigenvalue weighted by Gasteiger charge is 2.18. The van der Waals surface area contributed by atoms with E-state index in [1.54, 1.807) is 24.1 Å². The molecule has 1 heterocycles. The molecule has 6 nitrogen and oxygen atoms in total. The molecule has 7 heteroatoms. The van der Waals surface area contributed by atoms with E-state index in [-0.39, 0.29) is 24.1 Å². The summed E-state index contributed by atoms with van der Waals surface area (Å²) in [4.78, 5) is 31.4. The quantitative estimate of drug-likeness (QED) is 0.522. The Morgan fingerprint density at radius 2 is 1.83 bits per heavy atom. The molecule has 30 heavy (non-hydrogen) atoms. The molecule has 0 aliphatic heterocycles. The van der Waals surface area contributed by atoms with E-state index in [0.29, 0.717) is 18.0 Å². The number of nitrogens with zero attached hydrogens (tertiary/aromatic N) is 2. The molecule has 0 saturated carbocycles. The van der Waals surface area contributed by atoms with Gasteiger partial charge in [0.1, 0.15) is 5.75 Å². The summed E-state index contributed by atoms with van der Waals surface area (Å²) >= 11 is 1.38. The van der Waals surface area contributed by atoms with Crippen LogP contribution >= 0.6 is 11.8 Å². The van der Waals surface area contributed by atoms with Crippen molar-refractivity contribution < 1.29 is 14.3 Å². The average molecular weight is 424 g/mol. The highest BCUT2D eigenvalue weighted by molar-refractivity contribution is 7.99. The molecule has 0 radical (unpaired) electrons. The third kappa shape index (κ3) is 5.73. The van der Waals surface area contributed by atoms with Crippen molar-refractivity contribution >= 4 is 40.2 Å². The topological polar surface area (TPSA) is 71.5 Å². The molecule has 0 atom stereocenters. The van der Waals surface area contributed by atoms with Gasteiger partial charge < -0.3 is 15.0 Å². The Bertz CT molecular complexity index is 1030. The molecule has 0 unspecified atom stereocenters. The van der Waals surface area contributed by atoms with E-state index in [2.05, 4.69) is 10.3 Å². The van der Waals surface area contributed by atoms with Crippen LogP contribution in [0.25, 0.3) is 10.9 Å². The number of pyridine rings is 1. The first-order valence-corrected chi connectivity index (χ1v) is 10.8. The van der Waals surface area contributed by atoms with Crippen molar-refractivity contribution in [2.24, 2.45) is 0 Å². The number of para-hydroxylation sites is 3. The van der Waals surface area contributed by atoms with Crippen molar-refractivity contribution in [3.63, 3.8) is 0 Å².